The molecule has 0 unspecified atom stereocenters. The van der Waals surface area contributed by atoms with Gasteiger partial charge in [-0.2, -0.15) is 0 Å². The van der Waals surface area contributed by atoms with Gasteiger partial charge in [-0.05, 0) is 55.1 Å². The van der Waals surface area contributed by atoms with Crippen LogP contribution in [0.4, 0.5) is 0 Å². The fraction of sp³-hybridized carbons (Fsp3) is 0. The van der Waals surface area contributed by atoms with E-state index in [0.29, 0.717) is 8.58 Å². The Morgan fingerprint density at radius 1 is 0.243 bits per heavy atom. The second kappa shape index (κ2) is 10.8. The van der Waals surface area contributed by atoms with E-state index in [1.165, 1.54) is 55.1 Å². The summed E-state index contributed by atoms with van der Waals surface area (Å²) in [7, 11) is 0.474. The minimum atomic E-state index is 0.474. The Labute approximate surface area is 221 Å². The average Bonchev–Trinajstić information content (AvgIpc) is 2.99. The van der Waals surface area contributed by atoms with Crippen LogP contribution in [-0.4, -0.2) is 0 Å². The lowest BCUT2D eigenvalue weighted by atomic mass is 9.98. The second-order valence-electron chi connectivity index (χ2n) is 9.05. The summed E-state index contributed by atoms with van der Waals surface area (Å²) in [5.74, 6) is 0. The van der Waals surface area contributed by atoms with Crippen LogP contribution in [0.1, 0.15) is 0 Å². The number of hydrogen-bond donors (Lipinski definition) is 0. The number of rotatable bonds is 6. The molecular weight excluding hydrogens is 463 g/mol. The third-order valence-electron chi connectivity index (χ3n) is 6.72. The SMILES string of the molecule is c1ccc(-c2cccc(-c3ccccc3)c2Pc2c(-c3ccccc3)cccc2-c2ccccc2)cc1. The van der Waals surface area contributed by atoms with Crippen LogP contribution in [0.5, 0.6) is 0 Å². The van der Waals surface area contributed by atoms with E-state index < -0.39 is 0 Å². The van der Waals surface area contributed by atoms with Gasteiger partial charge in [0.2, 0.25) is 0 Å². The molecule has 0 bridgehead atoms. The van der Waals surface area contributed by atoms with Crippen LogP contribution in [0.15, 0.2) is 158 Å². The smallest absolute Gasteiger partial charge is 0.00695 e. The van der Waals surface area contributed by atoms with Gasteiger partial charge in [-0.15, -0.1) is 0 Å². The van der Waals surface area contributed by atoms with Gasteiger partial charge in [0.1, 0.15) is 0 Å². The Bertz CT molecular complexity index is 1370. The lowest BCUT2D eigenvalue weighted by Crippen LogP contribution is -2.14. The maximum atomic E-state index is 2.28. The molecule has 0 spiro atoms. The zero-order chi connectivity index (χ0) is 24.9. The lowest BCUT2D eigenvalue weighted by molar-refractivity contribution is 1.61. The van der Waals surface area contributed by atoms with Crippen molar-refractivity contribution in [3.05, 3.63) is 158 Å². The summed E-state index contributed by atoms with van der Waals surface area (Å²) in [5.41, 5.74) is 10.2. The minimum Gasteiger partial charge on any atom is -0.0622 e. The van der Waals surface area contributed by atoms with Crippen LogP contribution in [0.25, 0.3) is 44.5 Å². The molecule has 1 heteroatoms. The molecule has 0 saturated heterocycles. The molecule has 0 aliphatic carbocycles. The van der Waals surface area contributed by atoms with Crippen molar-refractivity contribution in [2.45, 2.75) is 0 Å². The molecule has 0 amide bonds. The van der Waals surface area contributed by atoms with Crippen LogP contribution in [0.2, 0.25) is 0 Å². The summed E-state index contributed by atoms with van der Waals surface area (Å²) >= 11 is 0. The van der Waals surface area contributed by atoms with Gasteiger partial charge in [0, 0.05) is 0 Å². The van der Waals surface area contributed by atoms with Gasteiger partial charge < -0.3 is 0 Å². The van der Waals surface area contributed by atoms with Crippen LogP contribution in [0, 0.1) is 0 Å². The number of hydrogen-bond acceptors (Lipinski definition) is 0. The monoisotopic (exact) mass is 490 g/mol. The Kier molecular flexibility index (Phi) is 6.76. The molecule has 0 heterocycles. The standard InChI is InChI=1S/C36H27P/c1-5-15-27(16-6-1)31-23-13-24-32(28-17-7-2-8-18-28)35(31)37-36-33(29-19-9-3-10-20-29)25-14-26-34(36)30-21-11-4-12-22-30/h1-26,37H. The maximum absolute atomic E-state index is 2.28. The summed E-state index contributed by atoms with van der Waals surface area (Å²) in [5, 5.41) is 2.75. The Balaban J connectivity index is 1.62. The first-order valence-corrected chi connectivity index (χ1v) is 13.6. The predicted octanol–water partition coefficient (Wildman–Crippen LogP) is 8.98. The number of benzene rings is 6. The Morgan fingerprint density at radius 2 is 0.486 bits per heavy atom. The molecule has 0 aliphatic heterocycles. The van der Waals surface area contributed by atoms with Crippen molar-refractivity contribution in [2.24, 2.45) is 0 Å². The van der Waals surface area contributed by atoms with E-state index >= 15 is 0 Å². The topological polar surface area (TPSA) is 0 Å². The van der Waals surface area contributed by atoms with E-state index in [1.807, 2.05) is 0 Å². The van der Waals surface area contributed by atoms with Crippen molar-refractivity contribution in [3.63, 3.8) is 0 Å². The zero-order valence-electron chi connectivity index (χ0n) is 20.5. The van der Waals surface area contributed by atoms with Crippen LogP contribution in [0.3, 0.4) is 0 Å². The highest BCUT2D eigenvalue weighted by Gasteiger charge is 2.18. The first kappa shape index (κ1) is 23.2. The van der Waals surface area contributed by atoms with E-state index in [4.69, 9.17) is 0 Å². The first-order chi connectivity index (χ1) is 18.4. The van der Waals surface area contributed by atoms with Gasteiger partial charge in [0.15, 0.2) is 0 Å². The Morgan fingerprint density at radius 3 is 0.730 bits per heavy atom. The van der Waals surface area contributed by atoms with Gasteiger partial charge in [0.05, 0.1) is 0 Å². The predicted molar refractivity (Wildman–Crippen MR) is 162 cm³/mol. The molecule has 0 N–H and O–H groups in total. The van der Waals surface area contributed by atoms with Gasteiger partial charge >= 0.3 is 0 Å². The van der Waals surface area contributed by atoms with Gasteiger partial charge in [-0.25, -0.2) is 0 Å². The van der Waals surface area contributed by atoms with E-state index in [-0.39, 0.29) is 0 Å². The van der Waals surface area contributed by atoms with E-state index in [2.05, 4.69) is 158 Å². The van der Waals surface area contributed by atoms with Crippen LogP contribution >= 0.6 is 8.58 Å². The van der Waals surface area contributed by atoms with Gasteiger partial charge in [0.25, 0.3) is 0 Å². The van der Waals surface area contributed by atoms with Crippen molar-refractivity contribution in [3.8, 4) is 44.5 Å². The average molecular weight is 491 g/mol. The highest BCUT2D eigenvalue weighted by molar-refractivity contribution is 7.57. The molecule has 0 saturated carbocycles. The second-order valence-corrected chi connectivity index (χ2v) is 10.3. The highest BCUT2D eigenvalue weighted by atomic mass is 31.1. The van der Waals surface area contributed by atoms with Crippen molar-refractivity contribution >= 4 is 19.2 Å². The van der Waals surface area contributed by atoms with Crippen LogP contribution in [-0.2, 0) is 0 Å². The molecule has 37 heavy (non-hydrogen) atoms. The first-order valence-electron chi connectivity index (χ1n) is 12.6. The zero-order valence-corrected chi connectivity index (χ0v) is 21.5. The third-order valence-corrected chi connectivity index (χ3v) is 8.30. The molecule has 0 aromatic heterocycles. The van der Waals surface area contributed by atoms with Crippen LogP contribution < -0.4 is 10.6 Å². The molecule has 6 rings (SSSR count). The van der Waals surface area contributed by atoms with Crippen molar-refractivity contribution in [1.29, 1.82) is 0 Å². The molecule has 0 nitrogen and oxygen atoms in total. The Hall–Kier alpha value is -4.25. The van der Waals surface area contributed by atoms with E-state index in [9.17, 15) is 0 Å². The fourth-order valence-corrected chi connectivity index (χ4v) is 6.63. The maximum Gasteiger partial charge on any atom is -0.00695 e. The molecular formula is C36H27P. The highest BCUT2D eigenvalue weighted by Crippen LogP contribution is 2.36. The normalized spacial score (nSPS) is 10.8. The molecule has 176 valence electrons. The largest absolute Gasteiger partial charge is 0.0622 e. The van der Waals surface area contributed by atoms with E-state index in [0.717, 1.165) is 0 Å². The molecule has 0 aliphatic rings. The lowest BCUT2D eigenvalue weighted by Gasteiger charge is -2.20. The summed E-state index contributed by atoms with van der Waals surface area (Å²) in [4.78, 5) is 0. The van der Waals surface area contributed by atoms with Gasteiger partial charge in [-0.3, -0.25) is 0 Å². The molecule has 0 radical (unpaired) electrons. The summed E-state index contributed by atoms with van der Waals surface area (Å²) in [6.07, 6.45) is 0. The quantitative estimate of drug-likeness (QED) is 0.204. The molecule has 0 fully saturated rings. The third kappa shape index (κ3) is 4.90. The molecule has 6 aromatic rings. The van der Waals surface area contributed by atoms with Crippen molar-refractivity contribution in [2.75, 3.05) is 0 Å². The molecule has 6 aromatic carbocycles. The minimum absolute atomic E-state index is 0.474. The van der Waals surface area contributed by atoms with E-state index in [1.54, 1.807) is 0 Å². The van der Waals surface area contributed by atoms with Gasteiger partial charge in [-0.1, -0.05) is 166 Å². The molecule has 0 atom stereocenters. The summed E-state index contributed by atoms with van der Waals surface area (Å²) in [6, 6.07) is 56.7. The summed E-state index contributed by atoms with van der Waals surface area (Å²) in [6.45, 7) is 0. The fourth-order valence-electron chi connectivity index (χ4n) is 4.93. The van der Waals surface area contributed by atoms with Crippen molar-refractivity contribution in [1.82, 2.24) is 0 Å². The van der Waals surface area contributed by atoms with Crippen molar-refractivity contribution < 1.29 is 0 Å². The summed E-state index contributed by atoms with van der Waals surface area (Å²) < 4.78 is 0.